The number of benzene rings is 1. The standard InChI is InChI=1S/C21H30N4O2.HI/c1-3-22-21(23-11-9-19-8-5-13-27-19)24-15-17-10-12-25(16-17)18-6-4-7-20(14-18)26-2;/h4-8,13-14,17H,3,9-12,15-16H2,1-2H3,(H2,22,23,24);1H. The quantitative estimate of drug-likeness (QED) is 0.332. The Morgan fingerprint density at radius 2 is 2.18 bits per heavy atom. The lowest BCUT2D eigenvalue weighted by atomic mass is 10.1. The van der Waals surface area contributed by atoms with Gasteiger partial charge < -0.3 is 24.7 Å². The van der Waals surface area contributed by atoms with Gasteiger partial charge in [0.15, 0.2) is 5.96 Å². The van der Waals surface area contributed by atoms with E-state index in [2.05, 4.69) is 34.6 Å². The van der Waals surface area contributed by atoms with E-state index in [0.717, 1.165) is 63.0 Å². The fourth-order valence-corrected chi connectivity index (χ4v) is 3.34. The van der Waals surface area contributed by atoms with Crippen LogP contribution in [0.3, 0.4) is 0 Å². The number of hydrogen-bond acceptors (Lipinski definition) is 4. The van der Waals surface area contributed by atoms with Crippen LogP contribution in [0.2, 0.25) is 0 Å². The number of hydrogen-bond donors (Lipinski definition) is 2. The molecular weight excluding hydrogens is 467 g/mol. The third kappa shape index (κ3) is 6.61. The summed E-state index contributed by atoms with van der Waals surface area (Å²) in [5, 5.41) is 6.71. The van der Waals surface area contributed by atoms with Crippen LogP contribution in [0.1, 0.15) is 19.1 Å². The molecule has 1 aromatic carbocycles. The predicted molar refractivity (Wildman–Crippen MR) is 125 cm³/mol. The molecule has 6 nitrogen and oxygen atoms in total. The Balaban J connectivity index is 0.00000280. The number of guanidine groups is 1. The first-order valence-corrected chi connectivity index (χ1v) is 9.72. The largest absolute Gasteiger partial charge is 0.497 e. The molecule has 1 atom stereocenters. The van der Waals surface area contributed by atoms with Crippen LogP contribution in [0.15, 0.2) is 52.1 Å². The molecule has 1 aliphatic rings. The third-order valence-corrected chi connectivity index (χ3v) is 4.80. The van der Waals surface area contributed by atoms with Crippen LogP contribution in [0.4, 0.5) is 5.69 Å². The van der Waals surface area contributed by atoms with E-state index in [4.69, 9.17) is 14.1 Å². The number of nitrogens with zero attached hydrogens (tertiary/aromatic N) is 2. The molecule has 0 saturated carbocycles. The minimum Gasteiger partial charge on any atom is -0.497 e. The maximum absolute atomic E-state index is 5.37. The van der Waals surface area contributed by atoms with Crippen molar-refractivity contribution in [3.63, 3.8) is 0 Å². The predicted octanol–water partition coefficient (Wildman–Crippen LogP) is 3.53. The highest BCUT2D eigenvalue weighted by molar-refractivity contribution is 14.0. The summed E-state index contributed by atoms with van der Waals surface area (Å²) in [6.07, 6.45) is 3.72. The highest BCUT2D eigenvalue weighted by atomic mass is 127. The van der Waals surface area contributed by atoms with Gasteiger partial charge in [0, 0.05) is 50.9 Å². The van der Waals surface area contributed by atoms with Crippen molar-refractivity contribution in [3.8, 4) is 5.75 Å². The topological polar surface area (TPSA) is 62.0 Å². The summed E-state index contributed by atoms with van der Waals surface area (Å²) in [5.74, 6) is 3.34. The maximum Gasteiger partial charge on any atom is 0.191 e. The minimum atomic E-state index is 0. The molecule has 0 aliphatic carbocycles. The Labute approximate surface area is 184 Å². The number of nitrogens with one attached hydrogen (secondary N) is 2. The van der Waals surface area contributed by atoms with Crippen molar-refractivity contribution in [2.75, 3.05) is 44.7 Å². The Morgan fingerprint density at radius 1 is 1.29 bits per heavy atom. The number of furan rings is 1. The second-order valence-electron chi connectivity index (χ2n) is 6.78. The molecule has 1 aromatic heterocycles. The zero-order valence-corrected chi connectivity index (χ0v) is 19.0. The van der Waals surface area contributed by atoms with E-state index in [1.807, 2.05) is 24.3 Å². The fraction of sp³-hybridized carbons (Fsp3) is 0.476. The van der Waals surface area contributed by atoms with Crippen molar-refractivity contribution in [3.05, 3.63) is 48.4 Å². The molecule has 1 saturated heterocycles. The van der Waals surface area contributed by atoms with Gasteiger partial charge in [-0.25, -0.2) is 0 Å². The summed E-state index contributed by atoms with van der Waals surface area (Å²) in [6.45, 7) is 6.67. The molecule has 2 aromatic rings. The van der Waals surface area contributed by atoms with Crippen LogP contribution in [-0.4, -0.2) is 45.8 Å². The number of methoxy groups -OCH3 is 1. The monoisotopic (exact) mass is 498 g/mol. The summed E-state index contributed by atoms with van der Waals surface area (Å²) in [4.78, 5) is 7.21. The Morgan fingerprint density at radius 3 is 2.93 bits per heavy atom. The van der Waals surface area contributed by atoms with Crippen molar-refractivity contribution < 1.29 is 9.15 Å². The minimum absolute atomic E-state index is 0. The normalized spacial score (nSPS) is 16.6. The number of ether oxygens (including phenoxy) is 1. The molecule has 0 spiro atoms. The molecule has 3 rings (SSSR count). The molecule has 28 heavy (non-hydrogen) atoms. The molecule has 1 fully saturated rings. The molecule has 0 amide bonds. The smallest absolute Gasteiger partial charge is 0.191 e. The number of aliphatic imine (C=N–C) groups is 1. The Hall–Kier alpha value is -1.90. The van der Waals surface area contributed by atoms with Crippen LogP contribution in [0.25, 0.3) is 0 Å². The summed E-state index contributed by atoms with van der Waals surface area (Å²) >= 11 is 0. The molecule has 1 unspecified atom stereocenters. The lowest BCUT2D eigenvalue weighted by molar-refractivity contribution is 0.415. The summed E-state index contributed by atoms with van der Waals surface area (Å²) < 4.78 is 10.7. The average molecular weight is 498 g/mol. The number of rotatable bonds is 8. The highest BCUT2D eigenvalue weighted by Crippen LogP contribution is 2.26. The second-order valence-corrected chi connectivity index (χ2v) is 6.78. The van der Waals surface area contributed by atoms with Gasteiger partial charge in [0.05, 0.1) is 13.4 Å². The molecular formula is C21H31IN4O2. The van der Waals surface area contributed by atoms with Crippen LogP contribution >= 0.6 is 24.0 Å². The molecule has 154 valence electrons. The van der Waals surface area contributed by atoms with E-state index >= 15 is 0 Å². The zero-order chi connectivity index (χ0) is 18.9. The van der Waals surface area contributed by atoms with E-state index in [-0.39, 0.29) is 24.0 Å². The van der Waals surface area contributed by atoms with Crippen molar-refractivity contribution in [2.24, 2.45) is 10.9 Å². The van der Waals surface area contributed by atoms with Crippen molar-refractivity contribution in [1.82, 2.24) is 10.6 Å². The van der Waals surface area contributed by atoms with Gasteiger partial charge in [0.25, 0.3) is 0 Å². The fourth-order valence-electron chi connectivity index (χ4n) is 3.34. The van der Waals surface area contributed by atoms with Gasteiger partial charge in [-0.2, -0.15) is 0 Å². The zero-order valence-electron chi connectivity index (χ0n) is 16.7. The lowest BCUT2D eigenvalue weighted by Gasteiger charge is -2.19. The van der Waals surface area contributed by atoms with Gasteiger partial charge in [-0.3, -0.25) is 4.99 Å². The summed E-state index contributed by atoms with van der Waals surface area (Å²) in [7, 11) is 1.71. The van der Waals surface area contributed by atoms with E-state index in [0.29, 0.717) is 5.92 Å². The Bertz CT molecular complexity index is 721. The molecule has 0 bridgehead atoms. The molecule has 0 radical (unpaired) electrons. The molecule has 2 heterocycles. The van der Waals surface area contributed by atoms with Gasteiger partial charge in [-0.05, 0) is 43.5 Å². The van der Waals surface area contributed by atoms with Crippen LogP contribution in [-0.2, 0) is 6.42 Å². The van der Waals surface area contributed by atoms with E-state index in [9.17, 15) is 0 Å². The molecule has 2 N–H and O–H groups in total. The third-order valence-electron chi connectivity index (χ3n) is 4.80. The first kappa shape index (κ1) is 22.4. The van der Waals surface area contributed by atoms with Gasteiger partial charge in [0.1, 0.15) is 11.5 Å². The Kier molecular flexibility index (Phi) is 9.46. The molecule has 7 heteroatoms. The molecule has 1 aliphatic heterocycles. The van der Waals surface area contributed by atoms with Crippen LogP contribution < -0.4 is 20.3 Å². The van der Waals surface area contributed by atoms with Gasteiger partial charge in [-0.15, -0.1) is 24.0 Å². The number of halogens is 1. The van der Waals surface area contributed by atoms with Gasteiger partial charge in [-0.1, -0.05) is 6.07 Å². The van der Waals surface area contributed by atoms with Crippen LogP contribution in [0, 0.1) is 5.92 Å². The second kappa shape index (κ2) is 11.8. The lowest BCUT2D eigenvalue weighted by Crippen LogP contribution is -2.38. The van der Waals surface area contributed by atoms with E-state index in [1.54, 1.807) is 13.4 Å². The number of anilines is 1. The highest BCUT2D eigenvalue weighted by Gasteiger charge is 2.22. The van der Waals surface area contributed by atoms with E-state index < -0.39 is 0 Å². The van der Waals surface area contributed by atoms with Crippen molar-refractivity contribution >= 4 is 35.6 Å². The van der Waals surface area contributed by atoms with Gasteiger partial charge in [0.2, 0.25) is 0 Å². The maximum atomic E-state index is 5.37. The van der Waals surface area contributed by atoms with Crippen molar-refractivity contribution in [1.29, 1.82) is 0 Å². The summed E-state index contributed by atoms with van der Waals surface area (Å²) in [6, 6.07) is 12.2. The summed E-state index contributed by atoms with van der Waals surface area (Å²) in [5.41, 5.74) is 1.23. The first-order valence-electron chi connectivity index (χ1n) is 9.72. The SMILES string of the molecule is CCNC(=NCC1CCN(c2cccc(OC)c2)C1)NCCc1ccco1.I. The van der Waals surface area contributed by atoms with E-state index in [1.165, 1.54) is 5.69 Å². The average Bonchev–Trinajstić information content (AvgIpc) is 3.38. The van der Waals surface area contributed by atoms with Crippen LogP contribution in [0.5, 0.6) is 5.75 Å². The van der Waals surface area contributed by atoms with Gasteiger partial charge >= 0.3 is 0 Å². The first-order chi connectivity index (χ1) is 13.3. The van der Waals surface area contributed by atoms with Crippen molar-refractivity contribution in [2.45, 2.75) is 19.8 Å².